The van der Waals surface area contributed by atoms with Gasteiger partial charge in [0.2, 0.25) is 0 Å². The highest BCUT2D eigenvalue weighted by Crippen LogP contribution is 2.36. The maximum atomic E-state index is 13.7. The van der Waals surface area contributed by atoms with Crippen molar-refractivity contribution in [3.05, 3.63) is 63.6 Å². The van der Waals surface area contributed by atoms with E-state index in [4.69, 9.17) is 0 Å². The van der Waals surface area contributed by atoms with E-state index in [1.54, 1.807) is 0 Å². The number of alkyl halides is 3. The Hall–Kier alpha value is -1.47. The van der Waals surface area contributed by atoms with Gasteiger partial charge in [0.05, 0.1) is 5.56 Å². The molecule has 0 radical (unpaired) electrons. The van der Waals surface area contributed by atoms with Crippen molar-refractivity contribution < 1.29 is 22.7 Å². The molecule has 1 aromatic heterocycles. The first-order chi connectivity index (χ1) is 9.30. The second kappa shape index (κ2) is 5.49. The Bertz CT molecular complexity index is 630. The Balaban J connectivity index is 2.54. The summed E-state index contributed by atoms with van der Waals surface area (Å²) in [6.45, 7) is 0. The van der Waals surface area contributed by atoms with Crippen LogP contribution in [-0.4, -0.2) is 10.1 Å². The maximum Gasteiger partial charge on any atom is 0.416 e. The molecule has 2 rings (SSSR count). The van der Waals surface area contributed by atoms with Gasteiger partial charge in [-0.15, -0.1) is 0 Å². The number of hydrogen-bond donors (Lipinski definition) is 1. The van der Waals surface area contributed by atoms with Gasteiger partial charge in [0.1, 0.15) is 11.9 Å². The molecule has 1 atom stereocenters. The van der Waals surface area contributed by atoms with Crippen LogP contribution in [-0.2, 0) is 6.18 Å². The van der Waals surface area contributed by atoms with E-state index in [1.165, 1.54) is 12.1 Å². The summed E-state index contributed by atoms with van der Waals surface area (Å²) in [7, 11) is 0. The molecule has 0 aliphatic heterocycles. The Morgan fingerprint density at radius 1 is 1.15 bits per heavy atom. The van der Waals surface area contributed by atoms with Crippen LogP contribution in [0.4, 0.5) is 17.6 Å². The molecular formula is C13H8BrF4NO. The molecule has 0 amide bonds. The SMILES string of the molecule is OC(c1cc(Br)ccc1F)c1cnccc1C(F)(F)F. The summed E-state index contributed by atoms with van der Waals surface area (Å²) in [6, 6.07) is 4.42. The van der Waals surface area contributed by atoms with E-state index >= 15 is 0 Å². The second-order valence-electron chi connectivity index (χ2n) is 4.03. The van der Waals surface area contributed by atoms with Crippen molar-refractivity contribution in [2.45, 2.75) is 12.3 Å². The normalized spacial score (nSPS) is 13.3. The molecule has 0 spiro atoms. The van der Waals surface area contributed by atoms with Crippen LogP contribution < -0.4 is 0 Å². The van der Waals surface area contributed by atoms with Crippen molar-refractivity contribution >= 4 is 15.9 Å². The maximum absolute atomic E-state index is 13.7. The summed E-state index contributed by atoms with van der Waals surface area (Å²) in [5, 5.41) is 10.0. The lowest BCUT2D eigenvalue weighted by Gasteiger charge is -2.17. The number of aromatic nitrogens is 1. The number of pyridine rings is 1. The van der Waals surface area contributed by atoms with E-state index in [2.05, 4.69) is 20.9 Å². The van der Waals surface area contributed by atoms with Crippen LogP contribution in [0.15, 0.2) is 41.1 Å². The van der Waals surface area contributed by atoms with Crippen molar-refractivity contribution in [1.29, 1.82) is 0 Å². The van der Waals surface area contributed by atoms with Crippen molar-refractivity contribution in [3.63, 3.8) is 0 Å². The molecule has 1 aromatic carbocycles. The first-order valence-corrected chi connectivity index (χ1v) is 6.24. The van der Waals surface area contributed by atoms with Crippen molar-refractivity contribution in [3.8, 4) is 0 Å². The molecular weight excluding hydrogens is 342 g/mol. The minimum atomic E-state index is -4.65. The van der Waals surface area contributed by atoms with Crippen LogP contribution >= 0.6 is 15.9 Å². The molecule has 1 N–H and O–H groups in total. The van der Waals surface area contributed by atoms with Crippen molar-refractivity contribution in [2.75, 3.05) is 0 Å². The molecule has 0 bridgehead atoms. The third-order valence-corrected chi connectivity index (χ3v) is 3.20. The van der Waals surface area contributed by atoms with Gasteiger partial charge in [0.25, 0.3) is 0 Å². The van der Waals surface area contributed by atoms with Crippen LogP contribution in [0.1, 0.15) is 22.8 Å². The third kappa shape index (κ3) is 2.99. The first kappa shape index (κ1) is 14.9. The number of nitrogens with zero attached hydrogens (tertiary/aromatic N) is 1. The number of halogens is 5. The van der Waals surface area contributed by atoms with Crippen LogP contribution in [0.5, 0.6) is 0 Å². The standard InChI is InChI=1S/C13H8BrF4NO/c14-7-1-2-11(15)8(5-7)12(20)9-6-19-4-3-10(9)13(16,17)18/h1-6,12,20H. The number of aliphatic hydroxyl groups is 1. The summed E-state index contributed by atoms with van der Waals surface area (Å²) in [5.41, 5.74) is -1.78. The van der Waals surface area contributed by atoms with E-state index < -0.39 is 29.2 Å². The van der Waals surface area contributed by atoms with E-state index in [-0.39, 0.29) is 5.56 Å². The molecule has 0 aliphatic carbocycles. The Morgan fingerprint density at radius 2 is 1.85 bits per heavy atom. The molecule has 20 heavy (non-hydrogen) atoms. The lowest BCUT2D eigenvalue weighted by Crippen LogP contribution is -2.14. The van der Waals surface area contributed by atoms with E-state index in [0.717, 1.165) is 24.5 Å². The Kier molecular flexibility index (Phi) is 4.10. The lowest BCUT2D eigenvalue weighted by atomic mass is 9.98. The first-order valence-electron chi connectivity index (χ1n) is 5.45. The third-order valence-electron chi connectivity index (χ3n) is 2.70. The Morgan fingerprint density at radius 3 is 2.50 bits per heavy atom. The van der Waals surface area contributed by atoms with Gasteiger partial charge in [0, 0.05) is 28.0 Å². The van der Waals surface area contributed by atoms with Crippen LogP contribution in [0.3, 0.4) is 0 Å². The molecule has 0 aliphatic rings. The highest BCUT2D eigenvalue weighted by Gasteiger charge is 2.35. The van der Waals surface area contributed by atoms with Gasteiger partial charge in [-0.25, -0.2) is 4.39 Å². The number of rotatable bonds is 2. The summed E-state index contributed by atoms with van der Waals surface area (Å²) in [5.74, 6) is -0.794. The molecule has 7 heteroatoms. The fourth-order valence-electron chi connectivity index (χ4n) is 1.77. The quantitative estimate of drug-likeness (QED) is 0.828. The van der Waals surface area contributed by atoms with Gasteiger partial charge in [-0.05, 0) is 24.3 Å². The van der Waals surface area contributed by atoms with Crippen molar-refractivity contribution in [2.24, 2.45) is 0 Å². The van der Waals surface area contributed by atoms with E-state index in [1.807, 2.05) is 0 Å². The second-order valence-corrected chi connectivity index (χ2v) is 4.94. The van der Waals surface area contributed by atoms with E-state index in [9.17, 15) is 22.7 Å². The van der Waals surface area contributed by atoms with Crippen molar-refractivity contribution in [1.82, 2.24) is 4.98 Å². The van der Waals surface area contributed by atoms with Gasteiger partial charge in [-0.2, -0.15) is 13.2 Å². The zero-order valence-corrected chi connectivity index (χ0v) is 11.4. The summed E-state index contributed by atoms with van der Waals surface area (Å²) in [4.78, 5) is 3.56. The summed E-state index contributed by atoms with van der Waals surface area (Å²) in [6.07, 6.45) is -4.55. The molecule has 2 aromatic rings. The van der Waals surface area contributed by atoms with Crippen LogP contribution in [0.2, 0.25) is 0 Å². The molecule has 0 fully saturated rings. The topological polar surface area (TPSA) is 33.1 Å². The fourth-order valence-corrected chi connectivity index (χ4v) is 2.15. The fraction of sp³-hybridized carbons (Fsp3) is 0.154. The minimum Gasteiger partial charge on any atom is -0.383 e. The lowest BCUT2D eigenvalue weighted by molar-refractivity contribution is -0.139. The van der Waals surface area contributed by atoms with Gasteiger partial charge < -0.3 is 5.11 Å². The number of benzene rings is 1. The monoisotopic (exact) mass is 349 g/mol. The average Bonchev–Trinajstić information content (AvgIpc) is 2.40. The Labute approximate surface area is 120 Å². The van der Waals surface area contributed by atoms with Gasteiger partial charge >= 0.3 is 6.18 Å². The largest absolute Gasteiger partial charge is 0.416 e. The molecule has 1 unspecified atom stereocenters. The zero-order chi connectivity index (χ0) is 14.9. The molecule has 0 saturated carbocycles. The van der Waals surface area contributed by atoms with Gasteiger partial charge in [-0.3, -0.25) is 4.98 Å². The number of hydrogen-bond acceptors (Lipinski definition) is 2. The van der Waals surface area contributed by atoms with Gasteiger partial charge in [0.15, 0.2) is 0 Å². The summed E-state index contributed by atoms with van der Waals surface area (Å²) < 4.78 is 52.7. The molecule has 0 saturated heterocycles. The zero-order valence-electron chi connectivity index (χ0n) is 9.83. The predicted octanol–water partition coefficient (Wildman–Crippen LogP) is 4.08. The molecule has 106 valence electrons. The number of aliphatic hydroxyl groups excluding tert-OH is 1. The van der Waals surface area contributed by atoms with Gasteiger partial charge in [-0.1, -0.05) is 15.9 Å². The van der Waals surface area contributed by atoms with E-state index in [0.29, 0.717) is 4.47 Å². The molecule has 2 nitrogen and oxygen atoms in total. The van der Waals surface area contributed by atoms with Crippen LogP contribution in [0.25, 0.3) is 0 Å². The molecule has 1 heterocycles. The van der Waals surface area contributed by atoms with Crippen LogP contribution in [0, 0.1) is 5.82 Å². The average molecular weight is 350 g/mol. The minimum absolute atomic E-state index is 0.252. The predicted molar refractivity (Wildman–Crippen MR) is 67.4 cm³/mol. The smallest absolute Gasteiger partial charge is 0.383 e. The highest BCUT2D eigenvalue weighted by molar-refractivity contribution is 9.10. The summed E-state index contributed by atoms with van der Waals surface area (Å²) >= 11 is 3.08. The highest BCUT2D eigenvalue weighted by atomic mass is 79.9.